The third-order valence-electron chi connectivity index (χ3n) is 3.66. The zero-order valence-corrected chi connectivity index (χ0v) is 10.8. The van der Waals surface area contributed by atoms with Crippen LogP contribution >= 0.6 is 0 Å². The molecular formula is C15H21FO2. The fourth-order valence-electron chi connectivity index (χ4n) is 2.68. The molecule has 0 spiro atoms. The van der Waals surface area contributed by atoms with E-state index in [0.717, 1.165) is 19.3 Å². The molecule has 1 aliphatic carbocycles. The summed E-state index contributed by atoms with van der Waals surface area (Å²) in [6.07, 6.45) is 4.59. The smallest absolute Gasteiger partial charge is 0.125 e. The summed E-state index contributed by atoms with van der Waals surface area (Å²) < 4.78 is 18.6. The first-order valence-corrected chi connectivity index (χ1v) is 6.79. The van der Waals surface area contributed by atoms with Crippen molar-refractivity contribution in [2.45, 2.75) is 51.2 Å². The van der Waals surface area contributed by atoms with E-state index in [9.17, 15) is 9.50 Å². The largest absolute Gasteiger partial charge is 0.488 e. The Morgan fingerprint density at radius 2 is 2.00 bits per heavy atom. The lowest BCUT2D eigenvalue weighted by Gasteiger charge is -2.33. The number of benzene rings is 1. The Morgan fingerprint density at radius 1 is 1.28 bits per heavy atom. The lowest BCUT2D eigenvalue weighted by atomic mass is 9.83. The van der Waals surface area contributed by atoms with Crippen LogP contribution in [-0.2, 0) is 0 Å². The first-order chi connectivity index (χ1) is 8.69. The van der Waals surface area contributed by atoms with E-state index in [4.69, 9.17) is 4.74 Å². The van der Waals surface area contributed by atoms with Crippen molar-refractivity contribution < 1.29 is 14.2 Å². The molecule has 3 unspecified atom stereocenters. The van der Waals surface area contributed by atoms with Gasteiger partial charge >= 0.3 is 0 Å². The molecule has 1 aromatic carbocycles. The van der Waals surface area contributed by atoms with E-state index in [1.54, 1.807) is 12.1 Å². The zero-order valence-electron chi connectivity index (χ0n) is 10.8. The summed E-state index contributed by atoms with van der Waals surface area (Å²) in [6.45, 7) is 2.18. The topological polar surface area (TPSA) is 29.5 Å². The van der Waals surface area contributed by atoms with Crippen molar-refractivity contribution >= 4 is 0 Å². The minimum Gasteiger partial charge on any atom is -0.488 e. The Morgan fingerprint density at radius 3 is 2.67 bits per heavy atom. The minimum atomic E-state index is -0.400. The molecule has 2 nitrogen and oxygen atoms in total. The number of aliphatic hydroxyl groups is 1. The van der Waals surface area contributed by atoms with Crippen LogP contribution in [0.4, 0.5) is 4.39 Å². The van der Waals surface area contributed by atoms with Crippen LogP contribution in [0.2, 0.25) is 0 Å². The van der Waals surface area contributed by atoms with Gasteiger partial charge in [0, 0.05) is 0 Å². The van der Waals surface area contributed by atoms with E-state index in [2.05, 4.69) is 6.92 Å². The van der Waals surface area contributed by atoms with Gasteiger partial charge in [-0.2, -0.15) is 0 Å². The fraction of sp³-hybridized carbons (Fsp3) is 0.600. The Bertz CT molecular complexity index is 363. The second kappa shape index (κ2) is 6.19. The van der Waals surface area contributed by atoms with Gasteiger partial charge in [-0.25, -0.2) is 4.39 Å². The van der Waals surface area contributed by atoms with Crippen LogP contribution in [-0.4, -0.2) is 17.3 Å². The summed E-state index contributed by atoms with van der Waals surface area (Å²) in [4.78, 5) is 0. The maximum atomic E-state index is 12.8. The zero-order chi connectivity index (χ0) is 13.0. The average Bonchev–Trinajstić information content (AvgIpc) is 2.36. The maximum Gasteiger partial charge on any atom is 0.125 e. The Labute approximate surface area is 108 Å². The summed E-state index contributed by atoms with van der Waals surface area (Å²) in [6, 6.07) is 6.00. The van der Waals surface area contributed by atoms with Crippen molar-refractivity contribution in [3.05, 3.63) is 30.1 Å². The molecule has 0 aliphatic heterocycles. The summed E-state index contributed by atoms with van der Waals surface area (Å²) in [5.74, 6) is 1.01. The predicted octanol–water partition coefficient (Wildman–Crippen LogP) is 3.53. The monoisotopic (exact) mass is 252 g/mol. The molecule has 1 saturated carbocycles. The van der Waals surface area contributed by atoms with Gasteiger partial charge in [0.25, 0.3) is 0 Å². The van der Waals surface area contributed by atoms with Crippen molar-refractivity contribution in [3.63, 3.8) is 0 Å². The lowest BCUT2D eigenvalue weighted by molar-refractivity contribution is -0.0117. The van der Waals surface area contributed by atoms with Gasteiger partial charge in [-0.1, -0.05) is 19.8 Å². The van der Waals surface area contributed by atoms with Crippen LogP contribution in [0.25, 0.3) is 0 Å². The van der Waals surface area contributed by atoms with Gasteiger partial charge in [-0.05, 0) is 49.4 Å². The highest BCUT2D eigenvalue weighted by atomic mass is 19.1. The van der Waals surface area contributed by atoms with Crippen molar-refractivity contribution in [2.24, 2.45) is 5.92 Å². The molecule has 1 fully saturated rings. The molecule has 3 atom stereocenters. The fourth-order valence-corrected chi connectivity index (χ4v) is 2.68. The SMILES string of the molecule is CCCC1CCC(O)C(Oc2ccc(F)cc2)C1. The molecule has 1 aromatic rings. The molecule has 2 rings (SSSR count). The van der Waals surface area contributed by atoms with Gasteiger partial charge in [-0.15, -0.1) is 0 Å². The standard InChI is InChI=1S/C15H21FO2/c1-2-3-11-4-9-14(17)15(10-11)18-13-7-5-12(16)6-8-13/h5-8,11,14-15,17H,2-4,9-10H2,1H3. The van der Waals surface area contributed by atoms with Crippen molar-refractivity contribution in [2.75, 3.05) is 0 Å². The average molecular weight is 252 g/mol. The molecule has 0 amide bonds. The number of ether oxygens (including phenoxy) is 1. The molecule has 0 aromatic heterocycles. The predicted molar refractivity (Wildman–Crippen MR) is 69.1 cm³/mol. The van der Waals surface area contributed by atoms with Gasteiger partial charge in [0.15, 0.2) is 0 Å². The molecule has 3 heteroatoms. The number of hydrogen-bond acceptors (Lipinski definition) is 2. The Kier molecular flexibility index (Phi) is 4.59. The quantitative estimate of drug-likeness (QED) is 0.888. The Hall–Kier alpha value is -1.09. The van der Waals surface area contributed by atoms with Gasteiger partial charge in [0.2, 0.25) is 0 Å². The third kappa shape index (κ3) is 3.45. The highest BCUT2D eigenvalue weighted by molar-refractivity contribution is 5.22. The van der Waals surface area contributed by atoms with E-state index in [0.29, 0.717) is 11.7 Å². The highest BCUT2D eigenvalue weighted by Crippen LogP contribution is 2.30. The summed E-state index contributed by atoms with van der Waals surface area (Å²) in [5.41, 5.74) is 0. The van der Waals surface area contributed by atoms with Gasteiger partial charge in [-0.3, -0.25) is 0 Å². The van der Waals surface area contributed by atoms with Crippen LogP contribution in [0.5, 0.6) is 5.75 Å². The lowest BCUT2D eigenvalue weighted by Crippen LogP contribution is -2.38. The molecule has 0 bridgehead atoms. The van der Waals surface area contributed by atoms with Gasteiger partial charge < -0.3 is 9.84 Å². The first kappa shape index (κ1) is 13.3. The number of rotatable bonds is 4. The van der Waals surface area contributed by atoms with E-state index >= 15 is 0 Å². The molecule has 18 heavy (non-hydrogen) atoms. The van der Waals surface area contributed by atoms with Gasteiger partial charge in [0.05, 0.1) is 6.10 Å². The van der Waals surface area contributed by atoms with E-state index in [1.807, 2.05) is 0 Å². The normalized spacial score (nSPS) is 28.1. The van der Waals surface area contributed by atoms with E-state index in [1.165, 1.54) is 25.0 Å². The van der Waals surface area contributed by atoms with Crippen molar-refractivity contribution in [1.29, 1.82) is 0 Å². The maximum absolute atomic E-state index is 12.8. The molecular weight excluding hydrogens is 231 g/mol. The van der Waals surface area contributed by atoms with E-state index < -0.39 is 6.10 Å². The van der Waals surface area contributed by atoms with Gasteiger partial charge in [0.1, 0.15) is 17.7 Å². The second-order valence-electron chi connectivity index (χ2n) is 5.15. The molecule has 0 radical (unpaired) electrons. The number of hydrogen-bond donors (Lipinski definition) is 1. The Balaban J connectivity index is 1.95. The first-order valence-electron chi connectivity index (χ1n) is 6.79. The summed E-state index contributed by atoms with van der Waals surface area (Å²) >= 11 is 0. The number of halogens is 1. The van der Waals surface area contributed by atoms with Crippen molar-refractivity contribution in [1.82, 2.24) is 0 Å². The van der Waals surface area contributed by atoms with Crippen LogP contribution in [0, 0.1) is 11.7 Å². The molecule has 1 N–H and O–H groups in total. The summed E-state index contributed by atoms with van der Waals surface area (Å²) in [7, 11) is 0. The van der Waals surface area contributed by atoms with Crippen LogP contribution < -0.4 is 4.74 Å². The molecule has 0 heterocycles. The molecule has 100 valence electrons. The second-order valence-corrected chi connectivity index (χ2v) is 5.15. The van der Waals surface area contributed by atoms with E-state index in [-0.39, 0.29) is 11.9 Å². The third-order valence-corrected chi connectivity index (χ3v) is 3.66. The van der Waals surface area contributed by atoms with Crippen LogP contribution in [0.15, 0.2) is 24.3 Å². The summed E-state index contributed by atoms with van der Waals surface area (Å²) in [5, 5.41) is 9.97. The molecule has 0 saturated heterocycles. The highest BCUT2D eigenvalue weighted by Gasteiger charge is 2.30. The minimum absolute atomic E-state index is 0.152. The van der Waals surface area contributed by atoms with Crippen LogP contribution in [0.1, 0.15) is 39.0 Å². The van der Waals surface area contributed by atoms with Crippen molar-refractivity contribution in [3.8, 4) is 5.75 Å². The van der Waals surface area contributed by atoms with Crippen LogP contribution in [0.3, 0.4) is 0 Å². The number of aliphatic hydroxyl groups excluding tert-OH is 1. The molecule has 1 aliphatic rings.